The molecule has 0 radical (unpaired) electrons. The molecule has 2 aliphatic rings. The Morgan fingerprint density at radius 2 is 1.68 bits per heavy atom. The van der Waals surface area contributed by atoms with Crippen molar-refractivity contribution in [3.63, 3.8) is 0 Å². The van der Waals surface area contributed by atoms with E-state index in [1.807, 2.05) is 6.92 Å². The highest BCUT2D eigenvalue weighted by Crippen LogP contribution is 2.28. The average Bonchev–Trinajstić information content (AvgIpc) is 3.14. The van der Waals surface area contributed by atoms with E-state index in [1.54, 1.807) is 9.21 Å². The molecule has 4 rings (SSSR count). The molecule has 2 aliphatic heterocycles. The van der Waals surface area contributed by atoms with Crippen LogP contribution in [0.1, 0.15) is 58.3 Å². The lowest BCUT2D eigenvalue weighted by atomic mass is 10.0. The molecule has 0 N–H and O–H groups in total. The van der Waals surface area contributed by atoms with E-state index in [2.05, 4.69) is 0 Å². The molecule has 1 aromatic heterocycles. The van der Waals surface area contributed by atoms with Crippen LogP contribution in [0.5, 0.6) is 0 Å². The van der Waals surface area contributed by atoms with Gasteiger partial charge in [0.25, 0.3) is 5.56 Å². The summed E-state index contributed by atoms with van der Waals surface area (Å²) >= 11 is 0. The maximum Gasteiger partial charge on any atom is 0.331 e. The molecule has 1 amide bonds. The Bertz CT molecular complexity index is 1290. The van der Waals surface area contributed by atoms with E-state index in [0.717, 1.165) is 55.9 Å². The summed E-state index contributed by atoms with van der Waals surface area (Å²) in [5.41, 5.74) is -0.875. The van der Waals surface area contributed by atoms with Crippen LogP contribution in [0, 0.1) is 0 Å². The average molecular weight is 491 g/mol. The molecule has 2 aromatic rings. The Labute approximate surface area is 200 Å². The minimum atomic E-state index is -3.79. The van der Waals surface area contributed by atoms with Crippen LogP contribution in [-0.4, -0.2) is 58.3 Å². The molecule has 186 valence electrons. The molecular weight excluding hydrogens is 456 g/mol. The van der Waals surface area contributed by atoms with Crippen molar-refractivity contribution in [2.24, 2.45) is 7.05 Å². The molecule has 0 bridgehead atoms. The fourth-order valence-electron chi connectivity index (χ4n) is 5.18. The molecule has 0 aliphatic carbocycles. The van der Waals surface area contributed by atoms with Crippen molar-refractivity contribution >= 4 is 26.8 Å². The Balaban J connectivity index is 1.74. The van der Waals surface area contributed by atoms with E-state index in [9.17, 15) is 22.8 Å². The van der Waals surface area contributed by atoms with Crippen molar-refractivity contribution < 1.29 is 13.2 Å². The first-order chi connectivity index (χ1) is 16.3. The first kappa shape index (κ1) is 24.7. The summed E-state index contributed by atoms with van der Waals surface area (Å²) in [6, 6.07) is 4.28. The van der Waals surface area contributed by atoms with Crippen molar-refractivity contribution in [3.8, 4) is 0 Å². The van der Waals surface area contributed by atoms with E-state index in [1.165, 1.54) is 29.8 Å². The highest BCUT2D eigenvalue weighted by Gasteiger charge is 2.33. The van der Waals surface area contributed by atoms with E-state index >= 15 is 0 Å². The number of hydrogen-bond acceptors (Lipinski definition) is 5. The second-order valence-corrected chi connectivity index (χ2v) is 11.3. The topological polar surface area (TPSA) is 102 Å². The predicted molar refractivity (Wildman–Crippen MR) is 130 cm³/mol. The van der Waals surface area contributed by atoms with Gasteiger partial charge in [0, 0.05) is 32.7 Å². The van der Waals surface area contributed by atoms with Gasteiger partial charge >= 0.3 is 5.69 Å². The lowest BCUT2D eigenvalue weighted by Gasteiger charge is -2.34. The number of carbonyl (C=O) groups excluding carboxylic acids is 1. The largest absolute Gasteiger partial charge is 0.341 e. The molecule has 1 atom stereocenters. The second kappa shape index (κ2) is 10.0. The van der Waals surface area contributed by atoms with Crippen LogP contribution in [0.4, 0.5) is 0 Å². The summed E-state index contributed by atoms with van der Waals surface area (Å²) in [4.78, 5) is 40.9. The lowest BCUT2D eigenvalue weighted by molar-refractivity contribution is -0.131. The third-order valence-electron chi connectivity index (χ3n) is 7.23. The van der Waals surface area contributed by atoms with Gasteiger partial charge in [0.1, 0.15) is 6.54 Å². The summed E-state index contributed by atoms with van der Waals surface area (Å²) < 4.78 is 30.7. The van der Waals surface area contributed by atoms with Crippen LogP contribution in [0.15, 0.2) is 32.7 Å². The Kier molecular flexibility index (Phi) is 7.28. The van der Waals surface area contributed by atoms with Gasteiger partial charge in [-0.15, -0.1) is 0 Å². The minimum absolute atomic E-state index is 0.0430. The number of carbonyl (C=O) groups is 1. The smallest absolute Gasteiger partial charge is 0.331 e. The molecular formula is C24H34N4O5S. The van der Waals surface area contributed by atoms with Crippen molar-refractivity contribution in [1.29, 1.82) is 0 Å². The van der Waals surface area contributed by atoms with Gasteiger partial charge in [0.05, 0.1) is 15.8 Å². The number of piperidine rings is 1. The molecule has 0 spiro atoms. The van der Waals surface area contributed by atoms with E-state index in [0.29, 0.717) is 25.2 Å². The highest BCUT2D eigenvalue weighted by molar-refractivity contribution is 7.89. The monoisotopic (exact) mass is 490 g/mol. The number of benzene rings is 1. The molecule has 0 unspecified atom stereocenters. The van der Waals surface area contributed by atoms with Crippen molar-refractivity contribution in [2.45, 2.75) is 75.8 Å². The van der Waals surface area contributed by atoms with Gasteiger partial charge in [0.15, 0.2) is 0 Å². The fourth-order valence-corrected chi connectivity index (χ4v) is 6.98. The minimum Gasteiger partial charge on any atom is -0.341 e. The summed E-state index contributed by atoms with van der Waals surface area (Å²) in [7, 11) is -2.26. The third kappa shape index (κ3) is 4.57. The van der Waals surface area contributed by atoms with Crippen LogP contribution < -0.4 is 11.2 Å². The summed E-state index contributed by atoms with van der Waals surface area (Å²) in [5.74, 6) is -0.261. The van der Waals surface area contributed by atoms with Gasteiger partial charge in [-0.1, -0.05) is 26.2 Å². The van der Waals surface area contributed by atoms with Crippen LogP contribution in [-0.2, 0) is 28.4 Å². The number of amides is 1. The van der Waals surface area contributed by atoms with E-state index in [4.69, 9.17) is 0 Å². The lowest BCUT2D eigenvalue weighted by Crippen LogP contribution is -2.45. The second-order valence-electron chi connectivity index (χ2n) is 9.38. The van der Waals surface area contributed by atoms with Crippen molar-refractivity contribution in [1.82, 2.24) is 18.3 Å². The fraction of sp³-hybridized carbons (Fsp3) is 0.625. The maximum atomic E-state index is 13.5. The molecule has 9 nitrogen and oxygen atoms in total. The van der Waals surface area contributed by atoms with Crippen molar-refractivity contribution in [2.75, 3.05) is 19.6 Å². The molecule has 1 aromatic carbocycles. The zero-order valence-corrected chi connectivity index (χ0v) is 20.8. The molecule has 2 fully saturated rings. The number of hydrogen-bond donors (Lipinski definition) is 0. The number of rotatable bonds is 5. The van der Waals surface area contributed by atoms with Gasteiger partial charge in [-0.05, 0) is 50.3 Å². The first-order valence-corrected chi connectivity index (χ1v) is 13.7. The van der Waals surface area contributed by atoms with Gasteiger partial charge in [0.2, 0.25) is 15.9 Å². The van der Waals surface area contributed by atoms with Crippen molar-refractivity contribution in [3.05, 3.63) is 39.0 Å². The summed E-state index contributed by atoms with van der Waals surface area (Å²) in [6.07, 6.45) is 7.31. The van der Waals surface area contributed by atoms with Gasteiger partial charge in [-0.3, -0.25) is 18.7 Å². The van der Waals surface area contributed by atoms with Gasteiger partial charge in [-0.2, -0.15) is 4.31 Å². The summed E-state index contributed by atoms with van der Waals surface area (Å²) in [6.45, 7) is 3.34. The van der Waals surface area contributed by atoms with Crippen LogP contribution in [0.2, 0.25) is 0 Å². The normalized spacial score (nSPS) is 20.4. The van der Waals surface area contributed by atoms with Crippen LogP contribution >= 0.6 is 0 Å². The number of aryl methyl sites for hydroxylation is 1. The number of likely N-dealkylation sites (tertiary alicyclic amines) is 1. The number of fused-ring (bicyclic) bond motifs is 1. The molecule has 2 saturated heterocycles. The molecule has 10 heteroatoms. The Hall–Kier alpha value is -2.46. The third-order valence-corrected chi connectivity index (χ3v) is 9.17. The van der Waals surface area contributed by atoms with Crippen LogP contribution in [0.25, 0.3) is 10.9 Å². The van der Waals surface area contributed by atoms with E-state index < -0.39 is 21.3 Å². The predicted octanol–water partition coefficient (Wildman–Crippen LogP) is 2.06. The first-order valence-electron chi connectivity index (χ1n) is 12.3. The summed E-state index contributed by atoms with van der Waals surface area (Å²) in [5, 5.41) is 0.122. The van der Waals surface area contributed by atoms with Gasteiger partial charge in [-0.25, -0.2) is 13.2 Å². The Morgan fingerprint density at radius 3 is 2.35 bits per heavy atom. The number of sulfonamides is 1. The SMILES string of the molecule is CC[C@H]1CCCCN1S(=O)(=O)c1ccc2c(c1)c(=O)n(CC(=O)N1CCCCCC1)c(=O)n2C. The standard InChI is InChI=1S/C24H34N4O5S/c1-3-18-10-6-9-15-28(18)34(32,33)19-11-12-21-20(16-19)23(30)27(24(31)25(21)2)17-22(29)26-13-7-4-5-8-14-26/h11-12,16,18H,3-10,13-15,17H2,1-2H3/t18-/m0/s1. The van der Waals surface area contributed by atoms with Crippen LogP contribution in [0.3, 0.4) is 0 Å². The van der Waals surface area contributed by atoms with E-state index in [-0.39, 0.29) is 28.8 Å². The molecule has 0 saturated carbocycles. The molecule has 3 heterocycles. The zero-order valence-electron chi connectivity index (χ0n) is 20.0. The Morgan fingerprint density at radius 1 is 1.00 bits per heavy atom. The van der Waals surface area contributed by atoms with Gasteiger partial charge < -0.3 is 4.90 Å². The number of aromatic nitrogens is 2. The zero-order chi connectivity index (χ0) is 24.5. The quantitative estimate of drug-likeness (QED) is 0.639. The highest BCUT2D eigenvalue weighted by atomic mass is 32.2. The maximum absolute atomic E-state index is 13.5. The number of nitrogens with zero attached hydrogens (tertiary/aromatic N) is 4. The molecule has 34 heavy (non-hydrogen) atoms.